The van der Waals surface area contributed by atoms with Crippen LogP contribution in [-0.2, 0) is 22.5 Å². The van der Waals surface area contributed by atoms with Gasteiger partial charge >= 0.3 is 0 Å². The average molecular weight is 249 g/mol. The predicted molar refractivity (Wildman–Crippen MR) is 69.2 cm³/mol. The number of rotatable bonds is 5. The molecule has 18 heavy (non-hydrogen) atoms. The van der Waals surface area contributed by atoms with Crippen molar-refractivity contribution >= 4 is 5.71 Å². The zero-order valence-electron chi connectivity index (χ0n) is 10.7. The van der Waals surface area contributed by atoms with E-state index in [0.717, 1.165) is 49.2 Å². The van der Waals surface area contributed by atoms with Crippen molar-refractivity contribution in [3.05, 3.63) is 29.1 Å². The van der Waals surface area contributed by atoms with Crippen LogP contribution in [-0.4, -0.2) is 24.4 Å². The molecule has 0 radical (unpaired) electrons. The smallest absolute Gasteiger partial charge is 0.106 e. The van der Waals surface area contributed by atoms with Crippen molar-refractivity contribution in [2.75, 3.05) is 13.7 Å². The van der Waals surface area contributed by atoms with Crippen molar-refractivity contribution in [2.24, 2.45) is 11.1 Å². The molecule has 0 bridgehead atoms. The topological polar surface area (TPSA) is 69.7 Å². The zero-order chi connectivity index (χ0) is 12.8. The zero-order valence-corrected chi connectivity index (χ0v) is 10.7. The van der Waals surface area contributed by atoms with Crippen LogP contribution in [0, 0.1) is 0 Å². The first kappa shape index (κ1) is 13.0. The van der Waals surface area contributed by atoms with E-state index < -0.39 is 0 Å². The predicted octanol–water partition coefficient (Wildman–Crippen LogP) is 1.59. The second-order valence-corrected chi connectivity index (χ2v) is 4.36. The SMILES string of the molecule is CO/N=C1\CCCc2ccc(CCCON)nc21. The Morgan fingerprint density at radius 3 is 3.06 bits per heavy atom. The second kappa shape index (κ2) is 6.47. The largest absolute Gasteiger partial charge is 0.399 e. The van der Waals surface area contributed by atoms with Gasteiger partial charge in [-0.1, -0.05) is 11.2 Å². The summed E-state index contributed by atoms with van der Waals surface area (Å²) in [5.41, 5.74) is 4.26. The number of hydrogen-bond acceptors (Lipinski definition) is 5. The number of nitrogens with two attached hydrogens (primary N) is 1. The van der Waals surface area contributed by atoms with Gasteiger partial charge in [0.2, 0.25) is 0 Å². The van der Waals surface area contributed by atoms with Crippen molar-refractivity contribution < 1.29 is 9.68 Å². The molecular formula is C13H19N3O2. The van der Waals surface area contributed by atoms with Crippen molar-refractivity contribution in [3.63, 3.8) is 0 Å². The molecule has 0 spiro atoms. The number of fused-ring (bicyclic) bond motifs is 1. The standard InChI is InChI=1S/C13H19N3O2/c1-17-16-12-6-2-4-10-7-8-11(15-13(10)12)5-3-9-18-14/h7-8H,2-6,9,14H2,1H3/b16-12+. The van der Waals surface area contributed by atoms with Crippen LogP contribution in [0.25, 0.3) is 0 Å². The lowest BCUT2D eigenvalue weighted by atomic mass is 9.94. The van der Waals surface area contributed by atoms with Crippen molar-refractivity contribution in [1.82, 2.24) is 4.98 Å². The highest BCUT2D eigenvalue weighted by atomic mass is 16.6. The van der Waals surface area contributed by atoms with E-state index in [2.05, 4.69) is 27.1 Å². The summed E-state index contributed by atoms with van der Waals surface area (Å²) in [5, 5.41) is 4.07. The molecule has 1 aliphatic rings. The lowest BCUT2D eigenvalue weighted by molar-refractivity contribution is 0.135. The van der Waals surface area contributed by atoms with Gasteiger partial charge in [0.1, 0.15) is 12.8 Å². The number of aryl methyl sites for hydroxylation is 2. The van der Waals surface area contributed by atoms with Crippen LogP contribution in [0.3, 0.4) is 0 Å². The van der Waals surface area contributed by atoms with Gasteiger partial charge in [-0.2, -0.15) is 0 Å². The summed E-state index contributed by atoms with van der Waals surface area (Å²) in [6.45, 7) is 0.553. The highest BCUT2D eigenvalue weighted by Crippen LogP contribution is 2.21. The molecule has 0 amide bonds. The molecule has 98 valence electrons. The third kappa shape index (κ3) is 3.05. The van der Waals surface area contributed by atoms with Gasteiger partial charge in [0.05, 0.1) is 12.3 Å². The van der Waals surface area contributed by atoms with Crippen molar-refractivity contribution in [1.29, 1.82) is 0 Å². The molecule has 1 heterocycles. The number of aromatic nitrogens is 1. The molecule has 0 unspecified atom stereocenters. The Morgan fingerprint density at radius 1 is 1.39 bits per heavy atom. The van der Waals surface area contributed by atoms with Crippen LogP contribution in [0.4, 0.5) is 0 Å². The molecule has 1 aromatic heterocycles. The second-order valence-electron chi connectivity index (χ2n) is 4.36. The number of hydrogen-bond donors (Lipinski definition) is 1. The fourth-order valence-corrected chi connectivity index (χ4v) is 2.22. The van der Waals surface area contributed by atoms with Crippen molar-refractivity contribution in [3.8, 4) is 0 Å². The van der Waals surface area contributed by atoms with E-state index in [1.807, 2.05) is 0 Å². The molecule has 0 fully saturated rings. The van der Waals surface area contributed by atoms with E-state index in [9.17, 15) is 0 Å². The van der Waals surface area contributed by atoms with Gasteiger partial charge in [-0.3, -0.25) is 4.98 Å². The summed E-state index contributed by atoms with van der Waals surface area (Å²) in [5.74, 6) is 5.01. The van der Waals surface area contributed by atoms with Gasteiger partial charge in [-0.25, -0.2) is 5.90 Å². The highest BCUT2D eigenvalue weighted by Gasteiger charge is 2.18. The molecule has 5 nitrogen and oxygen atoms in total. The van der Waals surface area contributed by atoms with Crippen LogP contribution in [0.15, 0.2) is 17.3 Å². The van der Waals surface area contributed by atoms with Crippen molar-refractivity contribution in [2.45, 2.75) is 32.1 Å². The minimum Gasteiger partial charge on any atom is -0.399 e. The Kier molecular flexibility index (Phi) is 4.66. The Bertz CT molecular complexity index is 432. The average Bonchev–Trinajstić information content (AvgIpc) is 2.40. The normalized spacial score (nSPS) is 16.7. The van der Waals surface area contributed by atoms with E-state index in [1.165, 1.54) is 5.56 Å². The van der Waals surface area contributed by atoms with E-state index in [1.54, 1.807) is 7.11 Å². The number of nitrogens with zero attached hydrogens (tertiary/aromatic N) is 2. The number of pyridine rings is 1. The third-order valence-corrected chi connectivity index (χ3v) is 3.07. The van der Waals surface area contributed by atoms with E-state index >= 15 is 0 Å². The molecule has 0 aromatic carbocycles. The third-order valence-electron chi connectivity index (χ3n) is 3.07. The molecule has 0 aliphatic heterocycles. The van der Waals surface area contributed by atoms with Gasteiger partial charge < -0.3 is 9.68 Å². The Balaban J connectivity index is 2.17. The molecule has 5 heteroatoms. The number of oxime groups is 1. The van der Waals surface area contributed by atoms with Gasteiger partial charge in [0.25, 0.3) is 0 Å². The summed E-state index contributed by atoms with van der Waals surface area (Å²) in [6, 6.07) is 4.22. The Hall–Kier alpha value is -1.46. The maximum Gasteiger partial charge on any atom is 0.106 e. The first-order valence-electron chi connectivity index (χ1n) is 6.26. The fourth-order valence-electron chi connectivity index (χ4n) is 2.22. The monoisotopic (exact) mass is 249 g/mol. The molecule has 0 saturated heterocycles. The van der Waals surface area contributed by atoms with Gasteiger partial charge in [0.15, 0.2) is 0 Å². The highest BCUT2D eigenvalue weighted by molar-refractivity contribution is 6.00. The lowest BCUT2D eigenvalue weighted by Crippen LogP contribution is -2.15. The minimum absolute atomic E-state index is 0.553. The maximum absolute atomic E-state index is 5.01. The summed E-state index contributed by atoms with van der Waals surface area (Å²) in [7, 11) is 1.57. The first-order chi connectivity index (χ1) is 8.85. The van der Waals surface area contributed by atoms with Gasteiger partial charge in [0, 0.05) is 5.69 Å². The van der Waals surface area contributed by atoms with E-state index in [-0.39, 0.29) is 0 Å². The van der Waals surface area contributed by atoms with Gasteiger partial charge in [-0.05, 0) is 43.7 Å². The fraction of sp³-hybridized carbons (Fsp3) is 0.538. The van der Waals surface area contributed by atoms with Gasteiger partial charge in [-0.15, -0.1) is 0 Å². The van der Waals surface area contributed by atoms with E-state index in [0.29, 0.717) is 6.61 Å². The van der Waals surface area contributed by atoms with E-state index in [4.69, 9.17) is 10.7 Å². The summed E-state index contributed by atoms with van der Waals surface area (Å²) in [4.78, 5) is 14.1. The summed E-state index contributed by atoms with van der Waals surface area (Å²) >= 11 is 0. The quantitative estimate of drug-likeness (QED) is 0.635. The summed E-state index contributed by atoms with van der Waals surface area (Å²) < 4.78 is 0. The molecule has 0 saturated carbocycles. The first-order valence-corrected chi connectivity index (χ1v) is 6.26. The van der Waals surface area contributed by atoms with Crippen LogP contribution < -0.4 is 5.90 Å². The summed E-state index contributed by atoms with van der Waals surface area (Å²) in [6.07, 6.45) is 4.85. The van der Waals surface area contributed by atoms with Crippen LogP contribution in [0.1, 0.15) is 36.2 Å². The molecule has 1 aromatic rings. The molecule has 2 rings (SSSR count). The molecule has 0 atom stereocenters. The minimum atomic E-state index is 0.553. The van der Waals surface area contributed by atoms with Crippen LogP contribution >= 0.6 is 0 Å². The Morgan fingerprint density at radius 2 is 2.28 bits per heavy atom. The molecular weight excluding hydrogens is 230 g/mol. The van der Waals surface area contributed by atoms with Crippen LogP contribution in [0.2, 0.25) is 0 Å². The molecule has 2 N–H and O–H groups in total. The maximum atomic E-state index is 5.01. The van der Waals surface area contributed by atoms with Crippen LogP contribution in [0.5, 0.6) is 0 Å². The Labute approximate surface area is 107 Å². The lowest BCUT2D eigenvalue weighted by Gasteiger charge is -2.17. The molecule has 1 aliphatic carbocycles.